The minimum Gasteiger partial charge on any atom is -0.468 e. The minimum atomic E-state index is -0.784. The fraction of sp³-hybridized carbons (Fsp3) is 0.179. The van der Waals surface area contributed by atoms with Gasteiger partial charge in [0.1, 0.15) is 5.76 Å². The van der Waals surface area contributed by atoms with Gasteiger partial charge < -0.3 is 20.4 Å². The first-order valence-corrected chi connectivity index (χ1v) is 13.5. The van der Waals surface area contributed by atoms with Crippen molar-refractivity contribution >= 4 is 58.2 Å². The maximum Gasteiger partial charge on any atom is 0.254 e. The highest BCUT2D eigenvalue weighted by molar-refractivity contribution is 8.03. The zero-order valence-electron chi connectivity index (χ0n) is 20.6. The first-order valence-electron chi connectivity index (χ1n) is 11.7. The van der Waals surface area contributed by atoms with Gasteiger partial charge in [0.2, 0.25) is 5.91 Å². The summed E-state index contributed by atoms with van der Waals surface area (Å²) in [6, 6.07) is 18.0. The number of benzene rings is 2. The van der Waals surface area contributed by atoms with Gasteiger partial charge in [-0.3, -0.25) is 9.59 Å². The van der Waals surface area contributed by atoms with Crippen LogP contribution in [0.25, 0.3) is 0 Å². The van der Waals surface area contributed by atoms with Crippen LogP contribution < -0.4 is 16.0 Å². The van der Waals surface area contributed by atoms with E-state index >= 15 is 0 Å². The summed E-state index contributed by atoms with van der Waals surface area (Å²) in [5, 5.41) is 20.3. The Kier molecular flexibility index (Phi) is 8.85. The molecule has 2 heterocycles. The Morgan fingerprint density at radius 1 is 1.11 bits per heavy atom. The summed E-state index contributed by atoms with van der Waals surface area (Å²) in [4.78, 5) is 26.2. The Morgan fingerprint density at radius 2 is 1.89 bits per heavy atom. The van der Waals surface area contributed by atoms with Crippen LogP contribution in [0.4, 0.5) is 11.4 Å². The summed E-state index contributed by atoms with van der Waals surface area (Å²) in [6.07, 6.45) is 2.27. The van der Waals surface area contributed by atoms with Crippen LogP contribution in [0.1, 0.15) is 31.1 Å². The van der Waals surface area contributed by atoms with E-state index in [0.717, 1.165) is 17.7 Å². The molecule has 1 aliphatic rings. The Balaban J connectivity index is 1.59. The number of carbonyl (C=O) groups excluding carboxylic acids is 2. The van der Waals surface area contributed by atoms with Crippen LogP contribution in [0.3, 0.4) is 0 Å². The molecule has 0 spiro atoms. The maximum atomic E-state index is 13.5. The molecule has 1 unspecified atom stereocenters. The van der Waals surface area contributed by atoms with Crippen molar-refractivity contribution in [1.29, 1.82) is 5.26 Å². The Bertz CT molecular complexity index is 1480. The summed E-state index contributed by atoms with van der Waals surface area (Å²) >= 11 is 13.4. The molecular weight excluding hydrogens is 543 g/mol. The van der Waals surface area contributed by atoms with Crippen molar-refractivity contribution in [2.75, 3.05) is 16.4 Å². The minimum absolute atomic E-state index is 0.0611. The van der Waals surface area contributed by atoms with E-state index in [1.54, 1.807) is 31.2 Å². The topological polar surface area (TPSA) is 107 Å². The van der Waals surface area contributed by atoms with E-state index in [1.807, 2.05) is 31.2 Å². The monoisotopic (exact) mass is 566 g/mol. The zero-order chi connectivity index (χ0) is 27.2. The SMILES string of the molecule is CCc1ccccc1NC(=O)CSC1=C(C#N)C(c2ccco2)C(C(=O)Nc2ccc(Cl)cc2Cl)=C(C)N1. The van der Waals surface area contributed by atoms with E-state index in [-0.39, 0.29) is 22.3 Å². The van der Waals surface area contributed by atoms with Crippen LogP contribution >= 0.6 is 35.0 Å². The lowest BCUT2D eigenvalue weighted by molar-refractivity contribution is -0.114. The Hall–Kier alpha value is -3.64. The first kappa shape index (κ1) is 27.4. The molecule has 0 bridgehead atoms. The van der Waals surface area contributed by atoms with Crippen molar-refractivity contribution in [2.24, 2.45) is 0 Å². The van der Waals surface area contributed by atoms with Crippen molar-refractivity contribution in [2.45, 2.75) is 26.2 Å². The average molecular weight is 567 g/mol. The number of aryl methyl sites for hydroxylation is 1. The average Bonchev–Trinajstić information content (AvgIpc) is 3.43. The largest absolute Gasteiger partial charge is 0.468 e. The molecule has 1 aromatic heterocycles. The third-order valence-corrected chi connectivity index (χ3v) is 7.48. The number of allylic oxidation sites excluding steroid dienone is 2. The van der Waals surface area contributed by atoms with Gasteiger partial charge in [-0.15, -0.1) is 0 Å². The van der Waals surface area contributed by atoms with Gasteiger partial charge in [0.15, 0.2) is 0 Å². The van der Waals surface area contributed by atoms with Crippen LogP contribution in [0.5, 0.6) is 0 Å². The van der Waals surface area contributed by atoms with E-state index < -0.39 is 11.8 Å². The van der Waals surface area contributed by atoms with Crippen molar-refractivity contribution < 1.29 is 14.0 Å². The molecule has 2 aromatic carbocycles. The van der Waals surface area contributed by atoms with Gasteiger partial charge >= 0.3 is 0 Å². The molecule has 7 nitrogen and oxygen atoms in total. The molecular formula is C28H24Cl2N4O3S. The summed E-state index contributed by atoms with van der Waals surface area (Å²) in [5.41, 5.74) is 3.26. The molecule has 1 atom stereocenters. The second-order valence-electron chi connectivity index (χ2n) is 8.39. The third-order valence-electron chi connectivity index (χ3n) is 5.92. The lowest BCUT2D eigenvalue weighted by Gasteiger charge is -2.28. The number of nitriles is 1. The standard InChI is InChI=1S/C28H24Cl2N4O3S/c1-3-17-7-4-5-8-21(17)33-24(35)15-38-28-19(14-31)26(23-9-6-12-37-23)25(16(2)32-28)27(36)34-22-11-10-18(29)13-20(22)30/h4-13,26,32H,3,15H2,1-2H3,(H,33,35)(H,34,36). The van der Waals surface area contributed by atoms with E-state index in [0.29, 0.717) is 32.8 Å². The third kappa shape index (κ3) is 6.08. The molecule has 38 heavy (non-hydrogen) atoms. The number of halogens is 2. The van der Waals surface area contributed by atoms with Gasteiger partial charge in [-0.05, 0) is 55.3 Å². The summed E-state index contributed by atoms with van der Waals surface area (Å²) in [5.74, 6) is -0.958. The Morgan fingerprint density at radius 3 is 2.58 bits per heavy atom. The van der Waals surface area contributed by atoms with Crippen molar-refractivity contribution in [3.8, 4) is 6.07 Å². The molecule has 0 radical (unpaired) electrons. The number of hydrogen-bond acceptors (Lipinski definition) is 6. The number of rotatable bonds is 8. The van der Waals surface area contributed by atoms with Crippen molar-refractivity contribution in [3.63, 3.8) is 0 Å². The van der Waals surface area contributed by atoms with Crippen molar-refractivity contribution in [3.05, 3.63) is 104 Å². The molecule has 0 saturated carbocycles. The number of amides is 2. The highest BCUT2D eigenvalue weighted by Crippen LogP contribution is 2.41. The molecule has 0 saturated heterocycles. The lowest BCUT2D eigenvalue weighted by Crippen LogP contribution is -2.31. The first-order chi connectivity index (χ1) is 18.3. The normalized spacial score (nSPS) is 15.1. The van der Waals surface area contributed by atoms with Crippen LogP contribution in [0.15, 0.2) is 87.1 Å². The number of thioether (sulfide) groups is 1. The number of nitrogens with one attached hydrogen (secondary N) is 3. The number of hydrogen-bond donors (Lipinski definition) is 3. The second-order valence-corrected chi connectivity index (χ2v) is 10.2. The van der Waals surface area contributed by atoms with Crippen LogP contribution in [0, 0.1) is 11.3 Å². The van der Waals surface area contributed by atoms with E-state index in [4.69, 9.17) is 27.6 Å². The quantitative estimate of drug-likeness (QED) is 0.275. The molecule has 194 valence electrons. The summed E-state index contributed by atoms with van der Waals surface area (Å²) in [7, 11) is 0. The molecule has 4 rings (SSSR count). The number of nitrogens with zero attached hydrogens (tertiary/aromatic N) is 1. The van der Waals surface area contributed by atoms with Gasteiger partial charge in [0, 0.05) is 16.4 Å². The van der Waals surface area contributed by atoms with Gasteiger partial charge in [0.05, 0.1) is 50.9 Å². The molecule has 2 amide bonds. The van der Waals surface area contributed by atoms with Crippen LogP contribution in [-0.2, 0) is 16.0 Å². The summed E-state index contributed by atoms with van der Waals surface area (Å²) in [6.45, 7) is 3.76. The van der Waals surface area contributed by atoms with Gasteiger partial charge in [0.25, 0.3) is 5.91 Å². The molecule has 10 heteroatoms. The number of furan rings is 1. The van der Waals surface area contributed by atoms with E-state index in [9.17, 15) is 14.9 Å². The molecule has 0 fully saturated rings. The van der Waals surface area contributed by atoms with E-state index in [2.05, 4.69) is 22.0 Å². The Labute approximate surface area is 234 Å². The molecule has 1 aliphatic heterocycles. The highest BCUT2D eigenvalue weighted by atomic mass is 35.5. The second kappa shape index (κ2) is 12.3. The van der Waals surface area contributed by atoms with Gasteiger partial charge in [-0.1, -0.05) is 60.1 Å². The van der Waals surface area contributed by atoms with Gasteiger partial charge in [-0.25, -0.2) is 0 Å². The number of carbonyl (C=O) groups is 2. The number of anilines is 2. The fourth-order valence-corrected chi connectivity index (χ4v) is 5.47. The lowest BCUT2D eigenvalue weighted by atomic mass is 9.85. The van der Waals surface area contributed by atoms with E-state index in [1.165, 1.54) is 24.1 Å². The summed E-state index contributed by atoms with van der Waals surface area (Å²) < 4.78 is 5.64. The van der Waals surface area contributed by atoms with Crippen molar-refractivity contribution in [1.82, 2.24) is 5.32 Å². The van der Waals surface area contributed by atoms with Crippen LogP contribution in [0.2, 0.25) is 10.0 Å². The maximum absolute atomic E-state index is 13.5. The smallest absolute Gasteiger partial charge is 0.254 e. The predicted octanol–water partition coefficient (Wildman–Crippen LogP) is 6.86. The molecule has 3 N–H and O–H groups in total. The molecule has 3 aromatic rings. The predicted molar refractivity (Wildman–Crippen MR) is 152 cm³/mol. The highest BCUT2D eigenvalue weighted by Gasteiger charge is 2.36. The molecule has 0 aliphatic carbocycles. The fourth-order valence-electron chi connectivity index (χ4n) is 4.12. The van der Waals surface area contributed by atoms with Gasteiger partial charge in [-0.2, -0.15) is 5.26 Å². The number of para-hydroxylation sites is 1. The van der Waals surface area contributed by atoms with Crippen LogP contribution in [-0.4, -0.2) is 17.6 Å². The zero-order valence-corrected chi connectivity index (χ0v) is 22.9. The number of dihydropyridines is 1.